The van der Waals surface area contributed by atoms with Crippen LogP contribution in [-0.2, 0) is 0 Å². The first-order valence-electron chi connectivity index (χ1n) is 6.33. The molecule has 4 heteroatoms. The van der Waals surface area contributed by atoms with E-state index >= 15 is 0 Å². The van der Waals surface area contributed by atoms with Crippen molar-refractivity contribution < 1.29 is 9.53 Å². The lowest BCUT2D eigenvalue weighted by molar-refractivity contribution is 0.0966. The summed E-state index contributed by atoms with van der Waals surface area (Å²) in [5.41, 5.74) is 2.27. The maximum atomic E-state index is 12.5. The number of rotatable bonds is 4. The molecule has 0 N–H and O–H groups in total. The van der Waals surface area contributed by atoms with Crippen LogP contribution in [-0.4, -0.2) is 17.9 Å². The van der Waals surface area contributed by atoms with Crippen molar-refractivity contribution in [2.24, 2.45) is 0 Å². The van der Waals surface area contributed by atoms with Crippen molar-refractivity contribution in [1.82, 2.24) is 4.98 Å². The lowest BCUT2D eigenvalue weighted by Crippen LogP contribution is -2.10. The highest BCUT2D eigenvalue weighted by Gasteiger charge is 2.20. The maximum absolute atomic E-state index is 12.5. The van der Waals surface area contributed by atoms with Crippen LogP contribution < -0.4 is 4.74 Å². The van der Waals surface area contributed by atoms with Gasteiger partial charge in [-0.1, -0.05) is 24.6 Å². The number of carbonyl (C=O) groups is 1. The van der Waals surface area contributed by atoms with Gasteiger partial charge in [0.05, 0.1) is 7.11 Å². The molecule has 0 radical (unpaired) electrons. The number of carbonyl (C=O) groups excluding carboxylic acids is 1. The van der Waals surface area contributed by atoms with E-state index in [1.54, 1.807) is 31.5 Å². The summed E-state index contributed by atoms with van der Waals surface area (Å²) in [4.78, 5) is 16.6. The van der Waals surface area contributed by atoms with E-state index in [1.165, 1.54) is 0 Å². The minimum absolute atomic E-state index is 0.0302. The van der Waals surface area contributed by atoms with Crippen molar-refractivity contribution in [1.29, 1.82) is 0 Å². The van der Waals surface area contributed by atoms with E-state index in [1.807, 2.05) is 26.0 Å². The van der Waals surface area contributed by atoms with Crippen molar-refractivity contribution in [3.8, 4) is 5.75 Å². The van der Waals surface area contributed by atoms with Gasteiger partial charge in [-0.2, -0.15) is 0 Å². The van der Waals surface area contributed by atoms with Crippen LogP contribution in [0.2, 0.25) is 5.02 Å². The third-order valence-corrected chi connectivity index (χ3v) is 3.58. The Balaban J connectivity index is 2.31. The molecule has 0 aliphatic carbocycles. The van der Waals surface area contributed by atoms with Gasteiger partial charge < -0.3 is 4.74 Å². The number of ether oxygens (including phenoxy) is 1. The minimum Gasteiger partial charge on any atom is -0.497 e. The lowest BCUT2D eigenvalue weighted by Gasteiger charge is -2.14. The van der Waals surface area contributed by atoms with E-state index in [0.29, 0.717) is 16.3 Å². The number of methoxy groups -OCH3 is 1. The van der Waals surface area contributed by atoms with E-state index in [4.69, 9.17) is 16.3 Å². The lowest BCUT2D eigenvalue weighted by atomic mass is 9.92. The summed E-state index contributed by atoms with van der Waals surface area (Å²) in [6, 6.07) is 8.87. The normalized spacial score (nSPS) is 12.0. The summed E-state index contributed by atoms with van der Waals surface area (Å²) in [5, 5.41) is 0.538. The number of ketones is 1. The number of Topliss-reactive ketones (excluding diaryl/α,β-unsaturated/α-hetero) is 1. The number of benzene rings is 1. The quantitative estimate of drug-likeness (QED) is 0.798. The highest BCUT2D eigenvalue weighted by Crippen LogP contribution is 2.30. The van der Waals surface area contributed by atoms with E-state index in [2.05, 4.69) is 4.98 Å². The predicted molar refractivity (Wildman–Crippen MR) is 79.7 cm³/mol. The first-order chi connectivity index (χ1) is 9.52. The monoisotopic (exact) mass is 289 g/mol. The second kappa shape index (κ2) is 6.06. The molecule has 0 saturated carbocycles. The summed E-state index contributed by atoms with van der Waals surface area (Å²) in [5.74, 6) is 0.399. The summed E-state index contributed by atoms with van der Waals surface area (Å²) in [6.45, 7) is 3.72. The van der Waals surface area contributed by atoms with Gasteiger partial charge in [0.15, 0.2) is 5.78 Å². The molecule has 0 saturated heterocycles. The van der Waals surface area contributed by atoms with Gasteiger partial charge in [-0.3, -0.25) is 9.78 Å². The molecule has 0 aliphatic rings. The highest BCUT2D eigenvalue weighted by atomic mass is 35.5. The molecule has 2 rings (SSSR count). The Morgan fingerprint density at radius 2 is 2.05 bits per heavy atom. The number of hydrogen-bond acceptors (Lipinski definition) is 3. The van der Waals surface area contributed by atoms with Gasteiger partial charge in [0.25, 0.3) is 0 Å². The Morgan fingerprint density at radius 1 is 1.30 bits per heavy atom. The molecule has 1 heterocycles. The van der Waals surface area contributed by atoms with Crippen molar-refractivity contribution >= 4 is 17.4 Å². The zero-order valence-corrected chi connectivity index (χ0v) is 12.4. The van der Waals surface area contributed by atoms with Crippen molar-refractivity contribution in [3.05, 3.63) is 58.4 Å². The fourth-order valence-corrected chi connectivity index (χ4v) is 2.41. The molecule has 0 bridgehead atoms. The van der Waals surface area contributed by atoms with Crippen molar-refractivity contribution in [3.63, 3.8) is 0 Å². The van der Waals surface area contributed by atoms with Gasteiger partial charge in [-0.15, -0.1) is 0 Å². The molecule has 1 atom stereocenters. The first-order valence-corrected chi connectivity index (χ1v) is 6.71. The zero-order chi connectivity index (χ0) is 14.7. The maximum Gasteiger partial charge on any atom is 0.170 e. The average Bonchev–Trinajstić information content (AvgIpc) is 2.45. The summed E-state index contributed by atoms with van der Waals surface area (Å²) in [6.07, 6.45) is 1.64. The van der Waals surface area contributed by atoms with Crippen LogP contribution in [0.1, 0.15) is 34.5 Å². The van der Waals surface area contributed by atoms with Crippen LogP contribution in [0.3, 0.4) is 0 Å². The molecule has 1 aromatic carbocycles. The van der Waals surface area contributed by atoms with Gasteiger partial charge in [0.2, 0.25) is 0 Å². The first kappa shape index (κ1) is 14.5. The molecule has 0 fully saturated rings. The third-order valence-electron chi connectivity index (χ3n) is 3.25. The molecular formula is C16H16ClNO2. The van der Waals surface area contributed by atoms with Gasteiger partial charge in [-0.25, -0.2) is 0 Å². The van der Waals surface area contributed by atoms with E-state index in [-0.39, 0.29) is 11.7 Å². The average molecular weight is 290 g/mol. The fourth-order valence-electron chi connectivity index (χ4n) is 2.08. The number of aryl methyl sites for hydroxylation is 1. The molecule has 0 amide bonds. The smallest absolute Gasteiger partial charge is 0.170 e. The molecule has 104 valence electrons. The Morgan fingerprint density at radius 3 is 2.65 bits per heavy atom. The van der Waals surface area contributed by atoms with Crippen LogP contribution in [0.4, 0.5) is 0 Å². The van der Waals surface area contributed by atoms with Crippen molar-refractivity contribution in [2.45, 2.75) is 19.8 Å². The Kier molecular flexibility index (Phi) is 4.40. The number of nitrogens with zero attached hydrogens (tertiary/aromatic N) is 1. The third kappa shape index (κ3) is 2.99. The van der Waals surface area contributed by atoms with Crippen LogP contribution >= 0.6 is 11.6 Å². The highest BCUT2D eigenvalue weighted by molar-refractivity contribution is 6.32. The van der Waals surface area contributed by atoms with Gasteiger partial charge in [0.1, 0.15) is 5.75 Å². The van der Waals surface area contributed by atoms with Gasteiger partial charge in [-0.05, 0) is 36.8 Å². The molecule has 2 aromatic rings. The second-order valence-corrected chi connectivity index (χ2v) is 5.07. The molecule has 1 unspecified atom stereocenters. The Hall–Kier alpha value is -1.87. The standard InChI is InChI=1S/C16H16ClNO2/c1-10-8-12(6-7-18-10)16(19)11(2)14-5-4-13(20-3)9-15(14)17/h4-9,11H,1-3H3. The van der Waals surface area contributed by atoms with Crippen LogP contribution in [0.25, 0.3) is 0 Å². The topological polar surface area (TPSA) is 39.2 Å². The van der Waals surface area contributed by atoms with E-state index < -0.39 is 0 Å². The largest absolute Gasteiger partial charge is 0.497 e. The molecule has 20 heavy (non-hydrogen) atoms. The predicted octanol–water partition coefficient (Wildman–Crippen LogP) is 4.04. The van der Waals surface area contributed by atoms with E-state index in [9.17, 15) is 4.79 Å². The summed E-state index contributed by atoms with van der Waals surface area (Å²) in [7, 11) is 1.58. The molecular weight excluding hydrogens is 274 g/mol. The number of aromatic nitrogens is 1. The summed E-state index contributed by atoms with van der Waals surface area (Å²) >= 11 is 6.22. The minimum atomic E-state index is -0.310. The van der Waals surface area contributed by atoms with Crippen LogP contribution in [0.5, 0.6) is 5.75 Å². The molecule has 0 aliphatic heterocycles. The van der Waals surface area contributed by atoms with Crippen molar-refractivity contribution in [2.75, 3.05) is 7.11 Å². The fraction of sp³-hybridized carbons (Fsp3) is 0.250. The Bertz CT molecular complexity index is 640. The number of halogens is 1. The number of hydrogen-bond donors (Lipinski definition) is 0. The van der Waals surface area contributed by atoms with Gasteiger partial charge >= 0.3 is 0 Å². The zero-order valence-electron chi connectivity index (χ0n) is 11.7. The van der Waals surface area contributed by atoms with Gasteiger partial charge in [0, 0.05) is 28.4 Å². The summed E-state index contributed by atoms with van der Waals surface area (Å²) < 4.78 is 5.11. The Labute approximate surface area is 123 Å². The van der Waals surface area contributed by atoms with Crippen LogP contribution in [0, 0.1) is 6.92 Å². The SMILES string of the molecule is COc1ccc(C(C)C(=O)c2ccnc(C)c2)c(Cl)c1. The molecule has 3 nitrogen and oxygen atoms in total. The van der Waals surface area contributed by atoms with E-state index in [0.717, 1.165) is 11.3 Å². The van der Waals surface area contributed by atoms with Crippen LogP contribution in [0.15, 0.2) is 36.5 Å². The second-order valence-electron chi connectivity index (χ2n) is 4.66. The number of pyridine rings is 1. The molecule has 1 aromatic heterocycles. The molecule has 0 spiro atoms.